The van der Waals surface area contributed by atoms with Gasteiger partial charge in [-0.2, -0.15) is 0 Å². The van der Waals surface area contributed by atoms with E-state index in [0.29, 0.717) is 16.4 Å². The number of rotatable bonds is 6. The number of hydrogen-bond acceptors (Lipinski definition) is 6. The van der Waals surface area contributed by atoms with Crippen LogP contribution < -0.4 is 10.1 Å². The fourth-order valence-corrected chi connectivity index (χ4v) is 3.37. The van der Waals surface area contributed by atoms with Gasteiger partial charge in [0.25, 0.3) is 0 Å². The molecule has 4 aromatic rings. The highest BCUT2D eigenvalue weighted by atomic mass is 32.1. The molecule has 0 spiro atoms. The van der Waals surface area contributed by atoms with E-state index in [1.807, 2.05) is 29.6 Å². The smallest absolute Gasteiger partial charge is 0.336 e. The third kappa shape index (κ3) is 5.15. The van der Waals surface area contributed by atoms with Gasteiger partial charge in [-0.25, -0.2) is 14.2 Å². The minimum absolute atomic E-state index is 0.363. The first-order chi connectivity index (χ1) is 14.7. The summed E-state index contributed by atoms with van der Waals surface area (Å²) >= 11 is 1.45. The van der Waals surface area contributed by atoms with Crippen LogP contribution >= 0.6 is 11.3 Å². The van der Waals surface area contributed by atoms with E-state index in [4.69, 9.17) is 4.74 Å². The Bertz CT molecular complexity index is 1190. The summed E-state index contributed by atoms with van der Waals surface area (Å²) in [4.78, 5) is 20.9. The predicted molar refractivity (Wildman–Crippen MR) is 116 cm³/mol. The third-order valence-corrected chi connectivity index (χ3v) is 4.75. The SMILES string of the molecule is O=C(/C=C/c1cccc(F)c1)Oc1cccc(Nc2nc(-c3ccccn3)cs2)c1. The summed E-state index contributed by atoms with van der Waals surface area (Å²) in [6.07, 6.45) is 4.49. The maximum absolute atomic E-state index is 13.2. The van der Waals surface area contributed by atoms with Gasteiger partial charge in [-0.15, -0.1) is 11.3 Å². The minimum atomic E-state index is -0.553. The van der Waals surface area contributed by atoms with Gasteiger partial charge in [0.05, 0.1) is 5.69 Å². The quantitative estimate of drug-likeness (QED) is 0.247. The van der Waals surface area contributed by atoms with Crippen molar-refractivity contribution in [3.05, 3.63) is 95.8 Å². The molecule has 0 saturated carbocycles. The van der Waals surface area contributed by atoms with Gasteiger partial charge < -0.3 is 10.1 Å². The summed E-state index contributed by atoms with van der Waals surface area (Å²) < 4.78 is 18.5. The Labute approximate surface area is 176 Å². The zero-order valence-electron chi connectivity index (χ0n) is 15.7. The maximum atomic E-state index is 13.2. The van der Waals surface area contributed by atoms with Crippen LogP contribution in [0.3, 0.4) is 0 Å². The summed E-state index contributed by atoms with van der Waals surface area (Å²) in [5, 5.41) is 5.82. The minimum Gasteiger partial charge on any atom is -0.423 e. The van der Waals surface area contributed by atoms with Crippen LogP contribution in [0.1, 0.15) is 5.56 Å². The fourth-order valence-electron chi connectivity index (χ4n) is 2.65. The number of pyridine rings is 1. The Balaban J connectivity index is 1.40. The van der Waals surface area contributed by atoms with Gasteiger partial charge in [0, 0.05) is 29.4 Å². The molecular weight excluding hydrogens is 401 g/mol. The number of carbonyl (C=O) groups is 1. The van der Waals surface area contributed by atoms with Crippen molar-refractivity contribution in [1.29, 1.82) is 0 Å². The number of aromatic nitrogens is 2. The van der Waals surface area contributed by atoms with Crippen molar-refractivity contribution < 1.29 is 13.9 Å². The highest BCUT2D eigenvalue weighted by Gasteiger charge is 2.07. The molecule has 2 heterocycles. The van der Waals surface area contributed by atoms with Crippen molar-refractivity contribution in [2.45, 2.75) is 0 Å². The molecule has 0 saturated heterocycles. The monoisotopic (exact) mass is 417 g/mol. The fraction of sp³-hybridized carbons (Fsp3) is 0. The number of carbonyl (C=O) groups excluding carboxylic acids is 1. The first-order valence-corrected chi connectivity index (χ1v) is 9.93. The molecule has 0 radical (unpaired) electrons. The van der Waals surface area contributed by atoms with E-state index in [1.165, 1.54) is 35.6 Å². The molecule has 1 N–H and O–H groups in total. The van der Waals surface area contributed by atoms with E-state index in [1.54, 1.807) is 36.5 Å². The zero-order chi connectivity index (χ0) is 20.8. The van der Waals surface area contributed by atoms with Crippen molar-refractivity contribution in [1.82, 2.24) is 9.97 Å². The highest BCUT2D eigenvalue weighted by molar-refractivity contribution is 7.14. The Morgan fingerprint density at radius 2 is 1.93 bits per heavy atom. The molecule has 148 valence electrons. The number of halogens is 1. The van der Waals surface area contributed by atoms with Gasteiger partial charge in [-0.05, 0) is 48.0 Å². The summed E-state index contributed by atoms with van der Waals surface area (Å²) in [6, 6.07) is 18.6. The second-order valence-electron chi connectivity index (χ2n) is 6.22. The number of ether oxygens (including phenoxy) is 1. The molecule has 5 nitrogen and oxygen atoms in total. The predicted octanol–water partition coefficient (Wildman–Crippen LogP) is 5.71. The number of nitrogens with one attached hydrogen (secondary N) is 1. The molecule has 4 rings (SSSR count). The molecule has 0 fully saturated rings. The van der Waals surface area contributed by atoms with E-state index in [-0.39, 0.29) is 5.82 Å². The summed E-state index contributed by atoms with van der Waals surface area (Å²) in [5.41, 5.74) is 2.90. The van der Waals surface area contributed by atoms with Crippen molar-refractivity contribution in [2.75, 3.05) is 5.32 Å². The lowest BCUT2D eigenvalue weighted by Crippen LogP contribution is -2.04. The van der Waals surface area contributed by atoms with E-state index in [0.717, 1.165) is 17.1 Å². The van der Waals surface area contributed by atoms with Gasteiger partial charge in [0.2, 0.25) is 0 Å². The van der Waals surface area contributed by atoms with Crippen LogP contribution in [0.5, 0.6) is 5.75 Å². The van der Waals surface area contributed by atoms with Crippen LogP contribution in [0, 0.1) is 5.82 Å². The Hall–Kier alpha value is -3.84. The van der Waals surface area contributed by atoms with Crippen LogP contribution in [0.4, 0.5) is 15.2 Å². The van der Waals surface area contributed by atoms with Crippen molar-refractivity contribution in [3.8, 4) is 17.1 Å². The second kappa shape index (κ2) is 9.11. The number of nitrogens with zero attached hydrogens (tertiary/aromatic N) is 2. The second-order valence-corrected chi connectivity index (χ2v) is 7.07. The molecule has 0 aliphatic heterocycles. The van der Waals surface area contributed by atoms with Gasteiger partial charge >= 0.3 is 5.97 Å². The molecule has 0 bridgehead atoms. The van der Waals surface area contributed by atoms with E-state index >= 15 is 0 Å². The number of esters is 1. The van der Waals surface area contributed by atoms with Crippen LogP contribution in [0.2, 0.25) is 0 Å². The van der Waals surface area contributed by atoms with Crippen LogP contribution in [0.25, 0.3) is 17.5 Å². The van der Waals surface area contributed by atoms with Gasteiger partial charge in [0.15, 0.2) is 5.13 Å². The van der Waals surface area contributed by atoms with Crippen LogP contribution in [0.15, 0.2) is 84.4 Å². The summed E-state index contributed by atoms with van der Waals surface area (Å²) in [7, 11) is 0. The molecule has 30 heavy (non-hydrogen) atoms. The topological polar surface area (TPSA) is 64.1 Å². The first-order valence-electron chi connectivity index (χ1n) is 9.05. The Morgan fingerprint density at radius 1 is 1.03 bits per heavy atom. The van der Waals surface area contributed by atoms with Gasteiger partial charge in [0.1, 0.15) is 17.3 Å². The number of hydrogen-bond donors (Lipinski definition) is 1. The average molecular weight is 417 g/mol. The highest BCUT2D eigenvalue weighted by Crippen LogP contribution is 2.27. The van der Waals surface area contributed by atoms with Gasteiger partial charge in [-0.3, -0.25) is 4.98 Å². The molecule has 0 aliphatic carbocycles. The lowest BCUT2D eigenvalue weighted by atomic mass is 10.2. The van der Waals surface area contributed by atoms with Crippen molar-refractivity contribution in [3.63, 3.8) is 0 Å². The summed E-state index contributed by atoms with van der Waals surface area (Å²) in [5.74, 6) is -0.531. The van der Waals surface area contributed by atoms with E-state index in [9.17, 15) is 9.18 Å². The average Bonchev–Trinajstić information content (AvgIpc) is 3.22. The third-order valence-electron chi connectivity index (χ3n) is 4.00. The Kier molecular flexibility index (Phi) is 5.91. The largest absolute Gasteiger partial charge is 0.423 e. The lowest BCUT2D eigenvalue weighted by molar-refractivity contribution is -0.128. The van der Waals surface area contributed by atoms with E-state index in [2.05, 4.69) is 15.3 Å². The number of anilines is 2. The molecule has 0 atom stereocenters. The lowest BCUT2D eigenvalue weighted by Gasteiger charge is -2.06. The number of benzene rings is 2. The molecule has 0 unspecified atom stereocenters. The molecule has 7 heteroatoms. The van der Waals surface area contributed by atoms with E-state index < -0.39 is 5.97 Å². The van der Waals surface area contributed by atoms with Crippen LogP contribution in [-0.2, 0) is 4.79 Å². The maximum Gasteiger partial charge on any atom is 0.336 e. The first kappa shape index (κ1) is 19.5. The number of thiazole rings is 1. The molecule has 2 aromatic carbocycles. The molecule has 0 amide bonds. The normalized spacial score (nSPS) is 10.8. The van der Waals surface area contributed by atoms with Crippen molar-refractivity contribution >= 4 is 34.2 Å². The standard InChI is InChI=1S/C23H16FN3O2S/c24-17-6-3-5-16(13-17)10-11-22(28)29-19-8-4-7-18(14-19)26-23-27-21(15-30-23)20-9-1-2-12-25-20/h1-15H,(H,26,27)/b11-10+. The Morgan fingerprint density at radius 3 is 2.77 bits per heavy atom. The molecular formula is C23H16FN3O2S. The molecule has 2 aromatic heterocycles. The van der Waals surface area contributed by atoms with Crippen LogP contribution in [-0.4, -0.2) is 15.9 Å². The van der Waals surface area contributed by atoms with Crippen molar-refractivity contribution in [2.24, 2.45) is 0 Å². The molecule has 0 aliphatic rings. The van der Waals surface area contributed by atoms with Gasteiger partial charge in [-0.1, -0.05) is 24.3 Å². The zero-order valence-corrected chi connectivity index (χ0v) is 16.5. The summed E-state index contributed by atoms with van der Waals surface area (Å²) in [6.45, 7) is 0.